The first kappa shape index (κ1) is 12.2. The molecule has 7 heteroatoms. The molecular formula is C12H17N5O2. The summed E-state index contributed by atoms with van der Waals surface area (Å²) in [5, 5.41) is 9.69. The Morgan fingerprint density at radius 3 is 3.11 bits per heavy atom. The number of hydrogen-bond acceptors (Lipinski definition) is 5. The molecule has 0 saturated carbocycles. The van der Waals surface area contributed by atoms with Crippen molar-refractivity contribution in [2.75, 3.05) is 18.5 Å². The van der Waals surface area contributed by atoms with Crippen molar-refractivity contribution in [1.82, 2.24) is 19.6 Å². The Kier molecular flexibility index (Phi) is 3.20. The Balaban J connectivity index is 1.75. The molecule has 1 unspecified atom stereocenters. The number of H-pyrrole nitrogens is 1. The van der Waals surface area contributed by atoms with Crippen LogP contribution in [-0.2, 0) is 4.74 Å². The molecule has 3 rings (SSSR count). The van der Waals surface area contributed by atoms with Gasteiger partial charge in [-0.25, -0.2) is 19.3 Å². The summed E-state index contributed by atoms with van der Waals surface area (Å²) >= 11 is 0. The van der Waals surface area contributed by atoms with Gasteiger partial charge in [0.1, 0.15) is 12.1 Å². The van der Waals surface area contributed by atoms with Crippen LogP contribution in [0, 0.1) is 5.92 Å². The van der Waals surface area contributed by atoms with Crippen molar-refractivity contribution in [2.24, 2.45) is 5.92 Å². The number of anilines is 1. The first-order valence-corrected chi connectivity index (χ1v) is 6.51. The van der Waals surface area contributed by atoms with Crippen LogP contribution in [0.1, 0.15) is 19.8 Å². The summed E-state index contributed by atoms with van der Waals surface area (Å²) in [5.74, 6) is 1.33. The second-order valence-electron chi connectivity index (χ2n) is 4.91. The van der Waals surface area contributed by atoms with E-state index >= 15 is 0 Å². The summed E-state index contributed by atoms with van der Waals surface area (Å²) < 4.78 is 6.74. The molecule has 1 aliphatic rings. The summed E-state index contributed by atoms with van der Waals surface area (Å²) in [6.45, 7) is 3.81. The maximum Gasteiger partial charge on any atom is 0.348 e. The quantitative estimate of drug-likeness (QED) is 0.849. The molecule has 0 radical (unpaired) electrons. The lowest BCUT2D eigenvalue weighted by Crippen LogP contribution is -2.31. The Morgan fingerprint density at radius 1 is 1.53 bits per heavy atom. The number of aromatic amines is 1. The summed E-state index contributed by atoms with van der Waals surface area (Å²) in [6, 6.07) is 2.10. The lowest BCUT2D eigenvalue weighted by atomic mass is 9.93. The average Bonchev–Trinajstić information content (AvgIpc) is 2.81. The first-order chi connectivity index (χ1) is 9.24. The summed E-state index contributed by atoms with van der Waals surface area (Å²) in [4.78, 5) is 15.6. The van der Waals surface area contributed by atoms with Crippen molar-refractivity contribution in [1.29, 1.82) is 0 Å². The van der Waals surface area contributed by atoms with Gasteiger partial charge >= 0.3 is 5.69 Å². The second kappa shape index (κ2) is 5.00. The Bertz CT molecular complexity index is 614. The first-order valence-electron chi connectivity index (χ1n) is 6.51. The van der Waals surface area contributed by atoms with Crippen LogP contribution >= 0.6 is 0 Å². The van der Waals surface area contributed by atoms with E-state index in [1.165, 1.54) is 10.7 Å². The van der Waals surface area contributed by atoms with Crippen LogP contribution < -0.4 is 11.0 Å². The third-order valence-electron chi connectivity index (χ3n) is 3.66. The third-order valence-corrected chi connectivity index (χ3v) is 3.66. The van der Waals surface area contributed by atoms with Crippen molar-refractivity contribution in [3.05, 3.63) is 22.9 Å². The van der Waals surface area contributed by atoms with E-state index in [1.807, 2.05) is 0 Å². The molecule has 0 amide bonds. The molecule has 2 aromatic heterocycles. The van der Waals surface area contributed by atoms with Crippen molar-refractivity contribution in [3.8, 4) is 0 Å². The molecule has 1 atom stereocenters. The van der Waals surface area contributed by atoms with E-state index in [0.717, 1.165) is 31.9 Å². The lowest BCUT2D eigenvalue weighted by Gasteiger charge is -2.28. The lowest BCUT2D eigenvalue weighted by molar-refractivity contribution is 0.0622. The molecule has 2 N–H and O–H groups in total. The number of ether oxygens (including phenoxy) is 1. The molecule has 0 aromatic carbocycles. The number of nitrogens with zero attached hydrogens (tertiary/aromatic N) is 3. The fourth-order valence-electron chi connectivity index (χ4n) is 2.46. The maximum atomic E-state index is 11.3. The summed E-state index contributed by atoms with van der Waals surface area (Å²) in [7, 11) is 0. The van der Waals surface area contributed by atoms with Gasteiger partial charge in [-0.3, -0.25) is 0 Å². The molecule has 2 aromatic rings. The highest BCUT2D eigenvalue weighted by Crippen LogP contribution is 2.21. The largest absolute Gasteiger partial charge is 0.381 e. The van der Waals surface area contributed by atoms with Crippen LogP contribution in [0.2, 0.25) is 0 Å². The highest BCUT2D eigenvalue weighted by atomic mass is 16.5. The smallest absolute Gasteiger partial charge is 0.348 e. The van der Waals surface area contributed by atoms with Crippen LogP contribution in [0.25, 0.3) is 5.65 Å². The van der Waals surface area contributed by atoms with Crippen molar-refractivity contribution >= 4 is 11.5 Å². The molecule has 102 valence electrons. The van der Waals surface area contributed by atoms with Gasteiger partial charge in [0.05, 0.1) is 0 Å². The van der Waals surface area contributed by atoms with E-state index in [9.17, 15) is 4.79 Å². The Hall–Kier alpha value is -1.89. The SMILES string of the molecule is CC(Nc1cc2n[nH]c(=O)n2cn1)C1CCOCC1. The molecule has 1 fully saturated rings. The monoisotopic (exact) mass is 263 g/mol. The zero-order valence-electron chi connectivity index (χ0n) is 10.8. The third kappa shape index (κ3) is 2.46. The van der Waals surface area contributed by atoms with E-state index in [2.05, 4.69) is 27.4 Å². The van der Waals surface area contributed by atoms with E-state index in [0.29, 0.717) is 17.6 Å². The molecule has 3 heterocycles. The second-order valence-corrected chi connectivity index (χ2v) is 4.91. The van der Waals surface area contributed by atoms with Gasteiger partial charge in [-0.05, 0) is 25.7 Å². The standard InChI is InChI=1S/C12H17N5O2/c1-8(9-2-4-19-5-3-9)14-10-6-11-15-16-12(18)17(11)7-13-10/h6-9,14H,2-5H2,1H3,(H,16,18). The van der Waals surface area contributed by atoms with Gasteiger partial charge in [0.2, 0.25) is 0 Å². The molecular weight excluding hydrogens is 246 g/mol. The van der Waals surface area contributed by atoms with Gasteiger partial charge in [0, 0.05) is 25.3 Å². The Labute approximate surface area is 110 Å². The summed E-state index contributed by atoms with van der Waals surface area (Å²) in [5.41, 5.74) is 0.299. The highest BCUT2D eigenvalue weighted by molar-refractivity contribution is 5.48. The van der Waals surface area contributed by atoms with Crippen molar-refractivity contribution in [3.63, 3.8) is 0 Å². The van der Waals surface area contributed by atoms with Gasteiger partial charge in [-0.15, -0.1) is 0 Å². The van der Waals surface area contributed by atoms with Crippen LogP contribution in [0.3, 0.4) is 0 Å². The van der Waals surface area contributed by atoms with E-state index in [1.54, 1.807) is 6.07 Å². The fourth-order valence-corrected chi connectivity index (χ4v) is 2.46. The van der Waals surface area contributed by atoms with Crippen LogP contribution in [0.4, 0.5) is 5.82 Å². The fraction of sp³-hybridized carbons (Fsp3) is 0.583. The molecule has 19 heavy (non-hydrogen) atoms. The van der Waals surface area contributed by atoms with Gasteiger partial charge in [0.25, 0.3) is 0 Å². The number of nitrogens with one attached hydrogen (secondary N) is 2. The Morgan fingerprint density at radius 2 is 2.32 bits per heavy atom. The predicted molar refractivity (Wildman–Crippen MR) is 70.2 cm³/mol. The zero-order chi connectivity index (χ0) is 13.2. The predicted octanol–water partition coefficient (Wildman–Crippen LogP) is 0.645. The van der Waals surface area contributed by atoms with Gasteiger partial charge in [0.15, 0.2) is 5.65 Å². The molecule has 7 nitrogen and oxygen atoms in total. The maximum absolute atomic E-state index is 11.3. The van der Waals surface area contributed by atoms with E-state index in [-0.39, 0.29) is 5.69 Å². The summed E-state index contributed by atoms with van der Waals surface area (Å²) in [6.07, 6.45) is 3.62. The molecule has 0 aliphatic carbocycles. The van der Waals surface area contributed by atoms with Gasteiger partial charge < -0.3 is 10.1 Å². The highest BCUT2D eigenvalue weighted by Gasteiger charge is 2.20. The van der Waals surface area contributed by atoms with E-state index < -0.39 is 0 Å². The molecule has 1 aliphatic heterocycles. The van der Waals surface area contributed by atoms with Crippen LogP contribution in [0.5, 0.6) is 0 Å². The number of aromatic nitrogens is 4. The minimum Gasteiger partial charge on any atom is -0.381 e. The zero-order valence-corrected chi connectivity index (χ0v) is 10.8. The minimum absolute atomic E-state index is 0.272. The average molecular weight is 263 g/mol. The van der Waals surface area contributed by atoms with Gasteiger partial charge in [-0.1, -0.05) is 0 Å². The topological polar surface area (TPSA) is 84.3 Å². The van der Waals surface area contributed by atoms with Crippen molar-refractivity contribution in [2.45, 2.75) is 25.8 Å². The molecule has 0 bridgehead atoms. The number of fused-ring (bicyclic) bond motifs is 1. The van der Waals surface area contributed by atoms with Crippen LogP contribution in [-0.4, -0.2) is 38.8 Å². The van der Waals surface area contributed by atoms with Gasteiger partial charge in [-0.2, -0.15) is 5.10 Å². The normalized spacial score (nSPS) is 18.6. The molecule has 0 spiro atoms. The van der Waals surface area contributed by atoms with E-state index in [4.69, 9.17) is 4.74 Å². The van der Waals surface area contributed by atoms with Crippen molar-refractivity contribution < 1.29 is 4.74 Å². The molecule has 1 saturated heterocycles. The number of rotatable bonds is 3. The number of hydrogen-bond donors (Lipinski definition) is 2. The minimum atomic E-state index is -0.272. The van der Waals surface area contributed by atoms with Crippen LogP contribution in [0.15, 0.2) is 17.2 Å².